The van der Waals surface area contributed by atoms with Gasteiger partial charge in [-0.3, -0.25) is 4.99 Å². The molecular weight excluding hydrogens is 330 g/mol. The maximum atomic E-state index is 5.88. The van der Waals surface area contributed by atoms with Gasteiger partial charge in [0, 0.05) is 56.6 Å². The monoisotopic (exact) mass is 357 g/mol. The Morgan fingerprint density at radius 1 is 1.42 bits per heavy atom. The van der Waals surface area contributed by atoms with Gasteiger partial charge < -0.3 is 24.7 Å². The largest absolute Gasteiger partial charge is 0.494 e. The molecule has 1 unspecified atom stereocenters. The molecule has 0 spiro atoms. The van der Waals surface area contributed by atoms with Gasteiger partial charge in [-0.15, -0.1) is 0 Å². The molecule has 1 aromatic heterocycles. The maximum absolute atomic E-state index is 5.88. The summed E-state index contributed by atoms with van der Waals surface area (Å²) in [4.78, 5) is 8.32. The molecule has 2 N–H and O–H groups in total. The number of nitrogens with zero attached hydrogens (tertiary/aromatic N) is 3. The zero-order valence-electron chi connectivity index (χ0n) is 15.7. The summed E-state index contributed by atoms with van der Waals surface area (Å²) in [6, 6.07) is 4.18. The highest BCUT2D eigenvalue weighted by Crippen LogP contribution is 2.35. The van der Waals surface area contributed by atoms with Gasteiger partial charge in [-0.05, 0) is 26.0 Å². The second-order valence-electron chi connectivity index (χ2n) is 6.29. The van der Waals surface area contributed by atoms with Crippen molar-refractivity contribution in [3.8, 4) is 11.5 Å². The van der Waals surface area contributed by atoms with Gasteiger partial charge in [0.25, 0.3) is 0 Å². The van der Waals surface area contributed by atoms with E-state index in [4.69, 9.17) is 9.47 Å². The van der Waals surface area contributed by atoms with Gasteiger partial charge in [0.15, 0.2) is 5.96 Å². The van der Waals surface area contributed by atoms with Crippen molar-refractivity contribution in [2.75, 3.05) is 20.2 Å². The van der Waals surface area contributed by atoms with Crippen LogP contribution in [0.15, 0.2) is 35.8 Å². The molecule has 2 aromatic rings. The molecule has 2 heterocycles. The van der Waals surface area contributed by atoms with Crippen LogP contribution >= 0.6 is 0 Å². The molecule has 0 saturated heterocycles. The molecule has 3 rings (SSSR count). The van der Waals surface area contributed by atoms with Crippen molar-refractivity contribution in [2.45, 2.75) is 39.5 Å². The number of benzene rings is 1. The number of aromatic nitrogens is 2. The van der Waals surface area contributed by atoms with Crippen LogP contribution in [0.3, 0.4) is 0 Å². The van der Waals surface area contributed by atoms with Crippen LogP contribution in [-0.4, -0.2) is 41.8 Å². The Morgan fingerprint density at radius 2 is 2.31 bits per heavy atom. The number of hydrogen-bond acceptors (Lipinski definition) is 4. The molecular formula is C19H27N5O2. The van der Waals surface area contributed by atoms with E-state index in [0.717, 1.165) is 42.5 Å². The van der Waals surface area contributed by atoms with Crippen LogP contribution in [-0.2, 0) is 19.5 Å². The van der Waals surface area contributed by atoms with Crippen molar-refractivity contribution >= 4 is 5.96 Å². The minimum atomic E-state index is 0.222. The molecule has 0 bridgehead atoms. The molecule has 0 amide bonds. The Labute approximate surface area is 154 Å². The van der Waals surface area contributed by atoms with E-state index in [1.807, 2.05) is 17.7 Å². The molecule has 1 aliphatic rings. The molecule has 1 atom stereocenters. The predicted molar refractivity (Wildman–Crippen MR) is 102 cm³/mol. The normalized spacial score (nSPS) is 16.1. The highest BCUT2D eigenvalue weighted by Gasteiger charge is 2.21. The summed E-state index contributed by atoms with van der Waals surface area (Å²) >= 11 is 0. The van der Waals surface area contributed by atoms with Crippen molar-refractivity contribution in [2.24, 2.45) is 4.99 Å². The fourth-order valence-corrected chi connectivity index (χ4v) is 3.03. The second-order valence-corrected chi connectivity index (χ2v) is 6.29. The van der Waals surface area contributed by atoms with E-state index in [-0.39, 0.29) is 6.10 Å². The fraction of sp³-hybridized carbons (Fsp3) is 0.474. The van der Waals surface area contributed by atoms with Gasteiger partial charge in [0.2, 0.25) is 0 Å². The van der Waals surface area contributed by atoms with Crippen LogP contribution in [0.1, 0.15) is 25.0 Å². The number of imidazole rings is 1. The molecule has 0 aliphatic carbocycles. The van der Waals surface area contributed by atoms with E-state index in [0.29, 0.717) is 13.2 Å². The SMILES string of the molecule is CCOc1cc2c(cc1CNC(=NC)NCCn1ccnc1)OC(C)C2. The zero-order valence-corrected chi connectivity index (χ0v) is 15.7. The van der Waals surface area contributed by atoms with E-state index in [9.17, 15) is 0 Å². The van der Waals surface area contributed by atoms with Crippen LogP contribution in [0.5, 0.6) is 11.5 Å². The molecule has 140 valence electrons. The lowest BCUT2D eigenvalue weighted by atomic mass is 10.1. The van der Waals surface area contributed by atoms with E-state index in [2.05, 4.69) is 39.7 Å². The first-order valence-corrected chi connectivity index (χ1v) is 9.05. The van der Waals surface area contributed by atoms with Crippen LogP contribution in [0.2, 0.25) is 0 Å². The smallest absolute Gasteiger partial charge is 0.191 e. The van der Waals surface area contributed by atoms with E-state index in [1.54, 1.807) is 19.6 Å². The van der Waals surface area contributed by atoms with Gasteiger partial charge in [0.05, 0.1) is 12.9 Å². The summed E-state index contributed by atoms with van der Waals surface area (Å²) in [5, 5.41) is 6.65. The number of guanidine groups is 1. The first kappa shape index (κ1) is 18.1. The van der Waals surface area contributed by atoms with Crippen LogP contribution in [0, 0.1) is 0 Å². The van der Waals surface area contributed by atoms with E-state index >= 15 is 0 Å². The Bertz CT molecular complexity index is 743. The number of nitrogens with one attached hydrogen (secondary N) is 2. The number of rotatable bonds is 7. The standard InChI is InChI=1S/C19H27N5O2/c1-4-25-17-10-15-9-14(2)26-18(15)11-16(17)12-23-19(20-3)22-6-8-24-7-5-21-13-24/h5,7,10-11,13-14H,4,6,8-9,12H2,1-3H3,(H2,20,22,23). The lowest BCUT2D eigenvalue weighted by Gasteiger charge is -2.16. The highest BCUT2D eigenvalue weighted by molar-refractivity contribution is 5.79. The number of fused-ring (bicyclic) bond motifs is 1. The Morgan fingerprint density at radius 3 is 3.04 bits per heavy atom. The number of aliphatic imine (C=N–C) groups is 1. The summed E-state index contributed by atoms with van der Waals surface area (Å²) in [6.07, 6.45) is 6.68. The predicted octanol–water partition coefficient (Wildman–Crippen LogP) is 1.97. The first-order valence-electron chi connectivity index (χ1n) is 9.05. The summed E-state index contributed by atoms with van der Waals surface area (Å²) < 4.78 is 13.7. The summed E-state index contributed by atoms with van der Waals surface area (Å²) in [5.41, 5.74) is 2.28. The zero-order chi connectivity index (χ0) is 18.4. The molecule has 1 aliphatic heterocycles. The topological polar surface area (TPSA) is 72.7 Å². The number of hydrogen-bond donors (Lipinski definition) is 2. The summed E-state index contributed by atoms with van der Waals surface area (Å²) in [6.45, 7) is 6.93. The Balaban J connectivity index is 1.59. The second kappa shape index (κ2) is 8.60. The van der Waals surface area contributed by atoms with E-state index < -0.39 is 0 Å². The van der Waals surface area contributed by atoms with Crippen molar-refractivity contribution < 1.29 is 9.47 Å². The Hall–Kier alpha value is -2.70. The van der Waals surface area contributed by atoms with Crippen molar-refractivity contribution in [3.05, 3.63) is 42.0 Å². The van der Waals surface area contributed by atoms with Crippen LogP contribution < -0.4 is 20.1 Å². The third kappa shape index (κ3) is 4.47. The summed E-state index contributed by atoms with van der Waals surface area (Å²) in [5.74, 6) is 2.62. The number of ether oxygens (including phenoxy) is 2. The fourth-order valence-electron chi connectivity index (χ4n) is 3.03. The molecule has 26 heavy (non-hydrogen) atoms. The molecule has 7 nitrogen and oxygen atoms in total. The van der Waals surface area contributed by atoms with Gasteiger partial charge in [-0.1, -0.05) is 0 Å². The minimum absolute atomic E-state index is 0.222. The van der Waals surface area contributed by atoms with Gasteiger partial charge in [-0.25, -0.2) is 4.98 Å². The first-order chi connectivity index (χ1) is 12.7. The van der Waals surface area contributed by atoms with E-state index in [1.165, 1.54) is 5.56 Å². The molecule has 1 aromatic carbocycles. The minimum Gasteiger partial charge on any atom is -0.494 e. The lowest BCUT2D eigenvalue weighted by Crippen LogP contribution is -2.38. The van der Waals surface area contributed by atoms with Gasteiger partial charge >= 0.3 is 0 Å². The average molecular weight is 357 g/mol. The summed E-state index contributed by atoms with van der Waals surface area (Å²) in [7, 11) is 1.77. The van der Waals surface area contributed by atoms with Crippen LogP contribution in [0.25, 0.3) is 0 Å². The quantitative estimate of drug-likeness (QED) is 0.585. The highest BCUT2D eigenvalue weighted by atomic mass is 16.5. The van der Waals surface area contributed by atoms with Crippen molar-refractivity contribution in [1.82, 2.24) is 20.2 Å². The third-order valence-electron chi connectivity index (χ3n) is 4.27. The molecule has 0 radical (unpaired) electrons. The van der Waals surface area contributed by atoms with Gasteiger partial charge in [-0.2, -0.15) is 0 Å². The lowest BCUT2D eigenvalue weighted by molar-refractivity contribution is 0.254. The third-order valence-corrected chi connectivity index (χ3v) is 4.27. The van der Waals surface area contributed by atoms with Crippen molar-refractivity contribution in [1.29, 1.82) is 0 Å². The molecule has 0 fully saturated rings. The van der Waals surface area contributed by atoms with Crippen molar-refractivity contribution in [3.63, 3.8) is 0 Å². The molecule has 7 heteroatoms. The van der Waals surface area contributed by atoms with Gasteiger partial charge in [0.1, 0.15) is 17.6 Å². The van der Waals surface area contributed by atoms with Crippen LogP contribution in [0.4, 0.5) is 0 Å². The molecule has 0 saturated carbocycles. The maximum Gasteiger partial charge on any atom is 0.191 e. The Kier molecular flexibility index (Phi) is 5.99. The average Bonchev–Trinajstić information content (AvgIpc) is 3.26.